The van der Waals surface area contributed by atoms with Crippen molar-refractivity contribution in [2.75, 3.05) is 19.6 Å². The number of carboxylic acid groups (broad SMARTS) is 1. The van der Waals surface area contributed by atoms with Crippen LogP contribution in [-0.4, -0.2) is 69.0 Å². The van der Waals surface area contributed by atoms with Crippen LogP contribution in [0.2, 0.25) is 0 Å². The molecular weight excluding hydrogens is 348 g/mol. The fraction of sp³-hybridized carbons (Fsp3) is 0.737. The highest BCUT2D eigenvalue weighted by molar-refractivity contribution is 5.92. The van der Waals surface area contributed by atoms with Crippen LogP contribution in [-0.2, 0) is 4.79 Å². The Morgan fingerprint density at radius 3 is 2.74 bits per heavy atom. The standard InChI is InChI=1S/C18H28N4O2.CH2O2/c1-2-5-15-12-8-13(16-6-3-4-7-22(15)16)11-21(10-12)17(23)14-9-19-18(24)20-14;2-1-3/h9,12-13,15-16H,2-8,10-11H2,1H3,(H2,19,20,24);1H,(H,2,3)/t12-,13+,15-,16-;/m0./s1. The molecule has 8 nitrogen and oxygen atoms in total. The zero-order valence-electron chi connectivity index (χ0n) is 15.9. The van der Waals surface area contributed by atoms with Gasteiger partial charge in [0.15, 0.2) is 0 Å². The molecule has 0 spiro atoms. The smallest absolute Gasteiger partial charge is 0.323 e. The summed E-state index contributed by atoms with van der Waals surface area (Å²) in [5.41, 5.74) is 0.0883. The molecule has 3 aliphatic heterocycles. The number of likely N-dealkylation sites (tertiary alicyclic amines) is 1. The number of hydrogen-bond donors (Lipinski definition) is 3. The van der Waals surface area contributed by atoms with E-state index in [2.05, 4.69) is 21.8 Å². The van der Waals surface area contributed by atoms with Crippen LogP contribution in [0.1, 0.15) is 55.9 Å². The van der Waals surface area contributed by atoms with Gasteiger partial charge in [-0.1, -0.05) is 19.8 Å². The van der Waals surface area contributed by atoms with Gasteiger partial charge in [0.05, 0.1) is 0 Å². The van der Waals surface area contributed by atoms with Crippen LogP contribution in [0.15, 0.2) is 11.0 Å². The van der Waals surface area contributed by atoms with Crippen molar-refractivity contribution in [1.82, 2.24) is 19.8 Å². The molecular formula is C19H30N4O4. The quantitative estimate of drug-likeness (QED) is 0.691. The number of nitrogens with zero attached hydrogens (tertiary/aromatic N) is 2. The predicted molar refractivity (Wildman–Crippen MR) is 101 cm³/mol. The number of rotatable bonds is 3. The van der Waals surface area contributed by atoms with Crippen LogP contribution in [0, 0.1) is 11.8 Å². The summed E-state index contributed by atoms with van der Waals surface area (Å²) in [5.74, 6) is 1.14. The number of hydrogen-bond acceptors (Lipinski definition) is 4. The van der Waals surface area contributed by atoms with Crippen molar-refractivity contribution >= 4 is 12.4 Å². The van der Waals surface area contributed by atoms with E-state index in [0.717, 1.165) is 13.1 Å². The van der Waals surface area contributed by atoms with E-state index in [1.165, 1.54) is 51.3 Å². The van der Waals surface area contributed by atoms with Crippen LogP contribution in [0.4, 0.5) is 0 Å². The van der Waals surface area contributed by atoms with Gasteiger partial charge >= 0.3 is 5.69 Å². The Labute approximate surface area is 158 Å². The molecule has 0 aromatic carbocycles. The average molecular weight is 378 g/mol. The largest absolute Gasteiger partial charge is 0.483 e. The lowest BCUT2D eigenvalue weighted by atomic mass is 9.71. The van der Waals surface area contributed by atoms with Gasteiger partial charge in [0.2, 0.25) is 0 Å². The molecule has 2 bridgehead atoms. The van der Waals surface area contributed by atoms with Crippen molar-refractivity contribution in [3.63, 3.8) is 0 Å². The van der Waals surface area contributed by atoms with Gasteiger partial charge in [-0.25, -0.2) is 4.79 Å². The van der Waals surface area contributed by atoms with E-state index in [0.29, 0.717) is 29.6 Å². The Balaban J connectivity index is 0.000000659. The molecule has 27 heavy (non-hydrogen) atoms. The summed E-state index contributed by atoms with van der Waals surface area (Å²) in [6, 6.07) is 1.27. The molecule has 4 rings (SSSR count). The minimum atomic E-state index is -0.308. The molecule has 3 N–H and O–H groups in total. The van der Waals surface area contributed by atoms with E-state index in [1.807, 2.05) is 4.90 Å². The zero-order valence-corrected chi connectivity index (χ0v) is 15.9. The Kier molecular flexibility index (Phi) is 6.36. The maximum atomic E-state index is 12.8. The summed E-state index contributed by atoms with van der Waals surface area (Å²) in [4.78, 5) is 42.4. The summed E-state index contributed by atoms with van der Waals surface area (Å²) < 4.78 is 0. The number of amides is 1. The maximum absolute atomic E-state index is 12.8. The second kappa shape index (κ2) is 8.73. The third-order valence-electron chi connectivity index (χ3n) is 6.32. The number of nitrogens with one attached hydrogen (secondary N) is 2. The second-order valence-electron chi connectivity index (χ2n) is 7.88. The van der Waals surface area contributed by atoms with Gasteiger partial charge in [0.1, 0.15) is 5.69 Å². The van der Waals surface area contributed by atoms with Crippen molar-refractivity contribution < 1.29 is 14.7 Å². The topological polar surface area (TPSA) is 110 Å². The Morgan fingerprint density at radius 1 is 1.33 bits per heavy atom. The number of piperidine rings is 3. The molecule has 0 saturated carbocycles. The predicted octanol–water partition coefficient (Wildman–Crippen LogP) is 1.52. The lowest BCUT2D eigenvalue weighted by Crippen LogP contribution is -2.64. The van der Waals surface area contributed by atoms with Gasteiger partial charge in [-0.3, -0.25) is 14.5 Å². The lowest BCUT2D eigenvalue weighted by Gasteiger charge is -2.57. The lowest BCUT2D eigenvalue weighted by molar-refractivity contribution is -0.122. The monoisotopic (exact) mass is 378 g/mol. The minimum Gasteiger partial charge on any atom is -0.483 e. The van der Waals surface area contributed by atoms with Gasteiger partial charge in [-0.15, -0.1) is 0 Å². The van der Waals surface area contributed by atoms with Gasteiger partial charge in [0.25, 0.3) is 12.4 Å². The van der Waals surface area contributed by atoms with Crippen LogP contribution in [0.3, 0.4) is 0 Å². The van der Waals surface area contributed by atoms with Crippen LogP contribution in [0.25, 0.3) is 0 Å². The van der Waals surface area contributed by atoms with E-state index in [9.17, 15) is 9.59 Å². The van der Waals surface area contributed by atoms with E-state index < -0.39 is 0 Å². The SMILES string of the molecule is CCC[C@H]1[C@H]2C[C@H](CN(C(=O)c3c[nH]c(=O)[nH]3)C2)[C@@H]2CCCCN21.O=CO. The first-order valence-corrected chi connectivity index (χ1v) is 9.99. The van der Waals surface area contributed by atoms with Crippen molar-refractivity contribution in [1.29, 1.82) is 0 Å². The molecule has 3 aliphatic rings. The zero-order chi connectivity index (χ0) is 19.4. The number of carbonyl (C=O) groups is 2. The number of aromatic amines is 2. The van der Waals surface area contributed by atoms with Crippen molar-refractivity contribution in [2.45, 2.75) is 57.5 Å². The highest BCUT2D eigenvalue weighted by atomic mass is 16.3. The van der Waals surface area contributed by atoms with Crippen molar-refractivity contribution in [3.8, 4) is 0 Å². The maximum Gasteiger partial charge on any atom is 0.323 e. The molecule has 3 saturated heterocycles. The Bertz CT molecular complexity index is 700. The van der Waals surface area contributed by atoms with E-state index in [4.69, 9.17) is 9.90 Å². The minimum absolute atomic E-state index is 0.0254. The molecule has 4 atom stereocenters. The van der Waals surface area contributed by atoms with Gasteiger partial charge in [0, 0.05) is 31.4 Å². The molecule has 150 valence electrons. The van der Waals surface area contributed by atoms with Crippen molar-refractivity contribution in [2.24, 2.45) is 11.8 Å². The molecule has 0 radical (unpaired) electrons. The van der Waals surface area contributed by atoms with Gasteiger partial charge in [-0.2, -0.15) is 0 Å². The molecule has 1 aromatic rings. The number of imidazole rings is 1. The molecule has 3 fully saturated rings. The van der Waals surface area contributed by atoms with Gasteiger partial charge < -0.3 is 20.0 Å². The first kappa shape index (κ1) is 19.7. The summed E-state index contributed by atoms with van der Waals surface area (Å²) in [6.07, 6.45) is 9.13. The molecule has 8 heteroatoms. The number of H-pyrrole nitrogens is 2. The first-order chi connectivity index (χ1) is 13.1. The third kappa shape index (κ3) is 4.10. The fourth-order valence-corrected chi connectivity index (χ4v) is 5.39. The van der Waals surface area contributed by atoms with Crippen LogP contribution in [0.5, 0.6) is 0 Å². The molecule has 0 unspecified atom stereocenters. The highest BCUT2D eigenvalue weighted by Gasteiger charge is 2.47. The summed E-state index contributed by atoms with van der Waals surface area (Å²) in [5, 5.41) is 6.89. The van der Waals surface area contributed by atoms with E-state index in [-0.39, 0.29) is 18.1 Å². The summed E-state index contributed by atoms with van der Waals surface area (Å²) in [6.45, 7) is 4.92. The molecule has 1 aromatic heterocycles. The molecule has 4 heterocycles. The van der Waals surface area contributed by atoms with Crippen LogP contribution >= 0.6 is 0 Å². The number of carbonyl (C=O) groups excluding carboxylic acids is 1. The average Bonchev–Trinajstić information content (AvgIpc) is 3.11. The highest BCUT2D eigenvalue weighted by Crippen LogP contribution is 2.42. The number of aromatic nitrogens is 2. The second-order valence-corrected chi connectivity index (χ2v) is 7.88. The normalized spacial score (nSPS) is 30.0. The van der Waals surface area contributed by atoms with Gasteiger partial charge in [-0.05, 0) is 44.1 Å². The number of fused-ring (bicyclic) bond motifs is 4. The van der Waals surface area contributed by atoms with Crippen molar-refractivity contribution in [3.05, 3.63) is 22.4 Å². The fourth-order valence-electron chi connectivity index (χ4n) is 5.39. The summed E-state index contributed by atoms with van der Waals surface area (Å²) in [7, 11) is 0. The molecule has 1 amide bonds. The van der Waals surface area contributed by atoms with E-state index >= 15 is 0 Å². The van der Waals surface area contributed by atoms with E-state index in [1.54, 1.807) is 0 Å². The molecule has 0 aliphatic carbocycles. The Morgan fingerprint density at radius 2 is 2.07 bits per heavy atom. The third-order valence-corrected chi connectivity index (χ3v) is 6.32. The summed E-state index contributed by atoms with van der Waals surface area (Å²) >= 11 is 0. The van der Waals surface area contributed by atoms with Crippen LogP contribution < -0.4 is 5.69 Å². The first-order valence-electron chi connectivity index (χ1n) is 9.99. The Hall–Kier alpha value is -2.09.